The lowest BCUT2D eigenvalue weighted by Crippen LogP contribution is -2.05. The average Bonchev–Trinajstić information content (AvgIpc) is 2.47. The number of phenolic OH excluding ortho intramolecular Hbond substituents is 2. The van der Waals surface area contributed by atoms with Crippen LogP contribution >= 0.6 is 7.75 Å². The summed E-state index contributed by atoms with van der Waals surface area (Å²) in [6.45, 7) is 0. The van der Waals surface area contributed by atoms with Gasteiger partial charge in [-0.05, 0) is 49.1 Å². The van der Waals surface area contributed by atoms with Crippen LogP contribution in [0.2, 0.25) is 0 Å². The van der Waals surface area contributed by atoms with Gasteiger partial charge in [0.2, 0.25) is 0 Å². The Balaban J connectivity index is 2.04. The van der Waals surface area contributed by atoms with Gasteiger partial charge in [0.25, 0.3) is 0 Å². The maximum Gasteiger partial charge on any atom is 0.427 e. The number of benzene rings is 2. The summed E-state index contributed by atoms with van der Waals surface area (Å²) in [6, 6.07) is 10.9. The van der Waals surface area contributed by atoms with Crippen LogP contribution in [0.4, 0.5) is 5.69 Å². The summed E-state index contributed by atoms with van der Waals surface area (Å²) in [4.78, 5) is 18.1. The molecule has 0 bridgehead atoms. The number of phenols is 2. The smallest absolute Gasteiger partial charge is 0.427 e. The fraction of sp³-hybridized carbons (Fsp3) is 0.250. The molecule has 0 aliphatic heterocycles. The van der Waals surface area contributed by atoms with Gasteiger partial charge in [0, 0.05) is 5.56 Å². The number of anilines is 1. The van der Waals surface area contributed by atoms with Crippen LogP contribution in [0.15, 0.2) is 42.5 Å². The van der Waals surface area contributed by atoms with Crippen molar-refractivity contribution in [3.8, 4) is 11.5 Å². The third-order valence-corrected chi connectivity index (χ3v) is 4.09. The molecule has 8 heteroatoms. The van der Waals surface area contributed by atoms with Gasteiger partial charge in [-0.25, -0.2) is 4.57 Å². The minimum Gasteiger partial charge on any atom is -0.508 e. The summed E-state index contributed by atoms with van der Waals surface area (Å²) in [6.07, 6.45) is 0.480. The van der Waals surface area contributed by atoms with Crippen LogP contribution < -0.4 is 5.09 Å². The second-order valence-electron chi connectivity index (χ2n) is 5.47. The molecule has 0 saturated heterocycles. The summed E-state index contributed by atoms with van der Waals surface area (Å²) in [5.41, 5.74) is 1.05. The van der Waals surface area contributed by atoms with E-state index in [1.54, 1.807) is 24.3 Å². The van der Waals surface area contributed by atoms with Crippen LogP contribution in [-0.2, 0) is 11.0 Å². The van der Waals surface area contributed by atoms with Crippen molar-refractivity contribution in [3.05, 3.63) is 53.6 Å². The Morgan fingerprint density at radius 2 is 1.71 bits per heavy atom. The first-order valence-corrected chi connectivity index (χ1v) is 8.99. The minimum atomic E-state index is -4.55. The lowest BCUT2D eigenvalue weighted by atomic mass is 9.99. The zero-order valence-corrected chi connectivity index (χ0v) is 13.7. The SMILES string of the molecule is O=P(O)(O)Nc1cccc(O)c1C(O)CCCc1ccc(O)cc1. The number of aryl methyl sites for hydroxylation is 1. The highest BCUT2D eigenvalue weighted by molar-refractivity contribution is 7.53. The molecule has 2 rings (SSSR count). The second-order valence-corrected chi connectivity index (χ2v) is 6.78. The van der Waals surface area contributed by atoms with Crippen LogP contribution in [0.25, 0.3) is 0 Å². The van der Waals surface area contributed by atoms with Crippen molar-refractivity contribution in [1.82, 2.24) is 0 Å². The lowest BCUT2D eigenvalue weighted by Gasteiger charge is -2.18. The molecule has 0 heterocycles. The Labute approximate surface area is 139 Å². The average molecular weight is 353 g/mol. The molecule has 0 aliphatic carbocycles. The summed E-state index contributed by atoms with van der Waals surface area (Å²) in [7, 11) is -4.55. The molecule has 24 heavy (non-hydrogen) atoms. The van der Waals surface area contributed by atoms with Crippen LogP contribution in [0.5, 0.6) is 11.5 Å². The van der Waals surface area contributed by atoms with E-state index in [-0.39, 0.29) is 22.7 Å². The number of hydrogen-bond acceptors (Lipinski definition) is 4. The molecular formula is C16H20NO6P. The first kappa shape index (κ1) is 18.3. The standard InChI is InChI=1S/C16H20NO6P/c18-12-9-7-11(8-10-12)3-1-5-14(19)16-13(17-24(21,22)23)4-2-6-15(16)20/h2,4,6-10,14,18-20H,1,3,5H2,(H3,17,21,22,23). The molecule has 0 amide bonds. The molecule has 0 saturated carbocycles. The van der Waals surface area contributed by atoms with Crippen molar-refractivity contribution in [2.75, 3.05) is 5.09 Å². The van der Waals surface area contributed by atoms with Gasteiger partial charge in [0.05, 0.1) is 11.8 Å². The maximum absolute atomic E-state index is 11.1. The van der Waals surface area contributed by atoms with Crippen molar-refractivity contribution < 1.29 is 29.7 Å². The number of aliphatic hydroxyl groups excluding tert-OH is 1. The molecule has 1 atom stereocenters. The van der Waals surface area contributed by atoms with Crippen LogP contribution in [-0.4, -0.2) is 25.1 Å². The van der Waals surface area contributed by atoms with E-state index in [0.29, 0.717) is 19.3 Å². The van der Waals surface area contributed by atoms with Gasteiger partial charge in [-0.15, -0.1) is 0 Å². The monoisotopic (exact) mass is 353 g/mol. The molecular weight excluding hydrogens is 333 g/mol. The highest BCUT2D eigenvalue weighted by Crippen LogP contribution is 2.41. The van der Waals surface area contributed by atoms with Gasteiger partial charge in [-0.1, -0.05) is 18.2 Å². The molecule has 0 radical (unpaired) electrons. The predicted octanol–water partition coefficient (Wildman–Crippen LogP) is 2.66. The highest BCUT2D eigenvalue weighted by Gasteiger charge is 2.21. The summed E-state index contributed by atoms with van der Waals surface area (Å²) >= 11 is 0. The highest BCUT2D eigenvalue weighted by atomic mass is 31.2. The van der Waals surface area contributed by atoms with E-state index in [2.05, 4.69) is 0 Å². The summed E-state index contributed by atoms with van der Waals surface area (Å²) in [5.74, 6) is -0.0493. The fourth-order valence-electron chi connectivity index (χ4n) is 2.46. The van der Waals surface area contributed by atoms with E-state index in [1.807, 2.05) is 5.09 Å². The number of nitrogens with one attached hydrogen (secondary N) is 1. The minimum absolute atomic E-state index is 0.000432. The van der Waals surface area contributed by atoms with E-state index in [4.69, 9.17) is 9.79 Å². The Kier molecular flexibility index (Phi) is 5.85. The molecule has 1 unspecified atom stereocenters. The largest absolute Gasteiger partial charge is 0.508 e. The third kappa shape index (κ3) is 5.25. The van der Waals surface area contributed by atoms with Crippen LogP contribution in [0.3, 0.4) is 0 Å². The zero-order valence-electron chi connectivity index (χ0n) is 12.8. The first-order chi connectivity index (χ1) is 11.3. The topological polar surface area (TPSA) is 130 Å². The number of aliphatic hydroxyl groups is 1. The number of aromatic hydroxyl groups is 2. The van der Waals surface area contributed by atoms with E-state index in [0.717, 1.165) is 5.56 Å². The van der Waals surface area contributed by atoms with Gasteiger partial charge in [0.15, 0.2) is 0 Å². The van der Waals surface area contributed by atoms with E-state index in [1.165, 1.54) is 18.2 Å². The molecule has 2 aromatic carbocycles. The van der Waals surface area contributed by atoms with E-state index < -0.39 is 13.9 Å². The van der Waals surface area contributed by atoms with Crippen molar-refractivity contribution in [2.24, 2.45) is 0 Å². The molecule has 0 aliphatic rings. The molecule has 2 aromatic rings. The van der Waals surface area contributed by atoms with Crippen molar-refractivity contribution in [1.29, 1.82) is 0 Å². The van der Waals surface area contributed by atoms with Gasteiger partial charge >= 0.3 is 7.75 Å². The summed E-state index contributed by atoms with van der Waals surface area (Å²) in [5, 5.41) is 31.5. The number of rotatable bonds is 7. The first-order valence-electron chi connectivity index (χ1n) is 7.38. The van der Waals surface area contributed by atoms with Crippen molar-refractivity contribution in [2.45, 2.75) is 25.4 Å². The fourth-order valence-corrected chi connectivity index (χ4v) is 2.97. The van der Waals surface area contributed by atoms with Gasteiger partial charge in [-0.2, -0.15) is 0 Å². The molecule has 0 spiro atoms. The van der Waals surface area contributed by atoms with E-state index >= 15 is 0 Å². The van der Waals surface area contributed by atoms with Crippen molar-refractivity contribution in [3.63, 3.8) is 0 Å². The lowest BCUT2D eigenvalue weighted by molar-refractivity contribution is 0.162. The third-order valence-electron chi connectivity index (χ3n) is 3.56. The van der Waals surface area contributed by atoms with Gasteiger partial charge in [-0.3, -0.25) is 5.09 Å². The van der Waals surface area contributed by atoms with Gasteiger partial charge < -0.3 is 25.1 Å². The van der Waals surface area contributed by atoms with Crippen LogP contribution in [0.1, 0.15) is 30.1 Å². The Bertz CT molecular complexity index is 728. The Hall–Kier alpha value is -2.05. The van der Waals surface area contributed by atoms with Crippen molar-refractivity contribution >= 4 is 13.4 Å². The second kappa shape index (κ2) is 7.68. The maximum atomic E-state index is 11.1. The molecule has 7 nitrogen and oxygen atoms in total. The Morgan fingerprint density at radius 3 is 2.33 bits per heavy atom. The normalized spacial score (nSPS) is 12.8. The molecule has 0 aromatic heterocycles. The predicted molar refractivity (Wildman–Crippen MR) is 89.8 cm³/mol. The summed E-state index contributed by atoms with van der Waals surface area (Å²) < 4.78 is 11.1. The quantitative estimate of drug-likeness (QED) is 0.422. The van der Waals surface area contributed by atoms with Crippen LogP contribution in [0, 0.1) is 0 Å². The molecule has 130 valence electrons. The van der Waals surface area contributed by atoms with E-state index in [9.17, 15) is 19.9 Å². The molecule has 0 fully saturated rings. The Morgan fingerprint density at radius 1 is 1.04 bits per heavy atom. The number of hydrogen-bond donors (Lipinski definition) is 6. The molecule has 6 N–H and O–H groups in total. The van der Waals surface area contributed by atoms with Gasteiger partial charge in [0.1, 0.15) is 11.5 Å². The zero-order chi connectivity index (χ0) is 17.7.